The monoisotopic (exact) mass is 300 g/mol. The lowest BCUT2D eigenvalue weighted by Crippen LogP contribution is -2.22. The van der Waals surface area contributed by atoms with Crippen molar-refractivity contribution in [3.8, 4) is 5.75 Å². The van der Waals surface area contributed by atoms with E-state index in [-0.39, 0.29) is 17.6 Å². The van der Waals surface area contributed by atoms with Crippen molar-refractivity contribution in [2.75, 3.05) is 0 Å². The molecular formula is C13H20N2O4S. The minimum absolute atomic E-state index is 0.0523. The molecule has 0 fully saturated rings. The van der Waals surface area contributed by atoms with E-state index in [1.807, 2.05) is 27.7 Å². The third-order valence-corrected chi connectivity index (χ3v) is 3.27. The molecule has 112 valence electrons. The van der Waals surface area contributed by atoms with E-state index >= 15 is 0 Å². The summed E-state index contributed by atoms with van der Waals surface area (Å²) in [6, 6.07) is 3.08. The van der Waals surface area contributed by atoms with Crippen LogP contribution < -0.4 is 15.1 Å². The Kier molecular flexibility index (Phi) is 4.77. The molecule has 1 rings (SSSR count). The number of amides is 1. The number of primary amides is 1. The van der Waals surface area contributed by atoms with Crippen LogP contribution in [0.3, 0.4) is 0 Å². The maximum Gasteiger partial charge on any atom is 0.380 e. The maximum absolute atomic E-state index is 11.4. The fraction of sp³-hybridized carbons (Fsp3) is 0.462. The zero-order valence-corrected chi connectivity index (χ0v) is 12.8. The van der Waals surface area contributed by atoms with Crippen LogP contribution >= 0.6 is 0 Å². The fourth-order valence-electron chi connectivity index (χ4n) is 1.89. The van der Waals surface area contributed by atoms with E-state index in [0.29, 0.717) is 16.7 Å². The van der Waals surface area contributed by atoms with Crippen LogP contribution in [0.15, 0.2) is 12.1 Å². The lowest BCUT2D eigenvalue weighted by Gasteiger charge is -2.19. The predicted octanol–water partition coefficient (Wildman–Crippen LogP) is 1.61. The van der Waals surface area contributed by atoms with E-state index in [4.69, 9.17) is 15.1 Å². The Morgan fingerprint density at radius 2 is 1.50 bits per heavy atom. The highest BCUT2D eigenvalue weighted by molar-refractivity contribution is 7.84. The van der Waals surface area contributed by atoms with Crippen molar-refractivity contribution < 1.29 is 17.4 Å². The molecule has 1 aromatic rings. The first-order valence-electron chi connectivity index (χ1n) is 6.22. The largest absolute Gasteiger partial charge is 0.380 e. The molecule has 0 spiro atoms. The van der Waals surface area contributed by atoms with E-state index in [1.54, 1.807) is 12.1 Å². The maximum atomic E-state index is 11.4. The van der Waals surface area contributed by atoms with Gasteiger partial charge in [0.05, 0.1) is 0 Å². The molecule has 0 aliphatic heterocycles. The number of hydrogen-bond donors (Lipinski definition) is 2. The number of hydrogen-bond acceptors (Lipinski definition) is 4. The highest BCUT2D eigenvalue weighted by Gasteiger charge is 2.21. The van der Waals surface area contributed by atoms with Crippen molar-refractivity contribution >= 4 is 16.2 Å². The molecule has 7 heteroatoms. The van der Waals surface area contributed by atoms with Gasteiger partial charge in [-0.15, -0.1) is 0 Å². The lowest BCUT2D eigenvalue weighted by atomic mass is 9.91. The third-order valence-electron chi connectivity index (χ3n) is 2.87. The molecule has 0 atom stereocenters. The zero-order chi connectivity index (χ0) is 15.7. The minimum Gasteiger partial charge on any atom is -0.370 e. The molecule has 0 bridgehead atoms. The van der Waals surface area contributed by atoms with Crippen molar-refractivity contribution in [2.24, 2.45) is 10.9 Å². The predicted molar refractivity (Wildman–Crippen MR) is 76.9 cm³/mol. The second-order valence-corrected chi connectivity index (χ2v) is 6.39. The molecule has 0 saturated carbocycles. The van der Waals surface area contributed by atoms with E-state index < -0.39 is 16.2 Å². The van der Waals surface area contributed by atoms with Crippen LogP contribution in [0.4, 0.5) is 0 Å². The summed E-state index contributed by atoms with van der Waals surface area (Å²) in [6.45, 7) is 7.45. The number of carbonyl (C=O) groups is 1. The van der Waals surface area contributed by atoms with E-state index in [9.17, 15) is 13.2 Å². The molecule has 1 amide bonds. The molecular weight excluding hydrogens is 280 g/mol. The molecule has 6 nitrogen and oxygen atoms in total. The molecule has 0 radical (unpaired) electrons. The Bertz CT molecular complexity index is 592. The van der Waals surface area contributed by atoms with Gasteiger partial charge in [-0.05, 0) is 35.1 Å². The second-order valence-electron chi connectivity index (χ2n) is 5.23. The van der Waals surface area contributed by atoms with Gasteiger partial charge in [0, 0.05) is 5.56 Å². The van der Waals surface area contributed by atoms with Crippen molar-refractivity contribution in [3.05, 3.63) is 28.8 Å². The average Bonchev–Trinajstić information content (AvgIpc) is 2.25. The van der Waals surface area contributed by atoms with E-state index in [2.05, 4.69) is 0 Å². The van der Waals surface area contributed by atoms with Crippen LogP contribution in [-0.2, 0) is 10.3 Å². The Balaban J connectivity index is 3.63. The quantitative estimate of drug-likeness (QED) is 0.860. The van der Waals surface area contributed by atoms with Crippen LogP contribution in [0.5, 0.6) is 5.75 Å². The van der Waals surface area contributed by atoms with Crippen molar-refractivity contribution in [1.29, 1.82) is 0 Å². The van der Waals surface area contributed by atoms with Crippen LogP contribution in [0.1, 0.15) is 61.0 Å². The highest BCUT2D eigenvalue weighted by Crippen LogP contribution is 2.36. The topological polar surface area (TPSA) is 112 Å². The molecule has 0 unspecified atom stereocenters. The fourth-order valence-corrected chi connectivity index (χ4v) is 2.31. The van der Waals surface area contributed by atoms with Gasteiger partial charge < -0.3 is 9.92 Å². The Morgan fingerprint density at radius 1 is 1.10 bits per heavy atom. The number of benzene rings is 1. The van der Waals surface area contributed by atoms with Crippen molar-refractivity contribution in [1.82, 2.24) is 0 Å². The highest BCUT2D eigenvalue weighted by atomic mass is 32.2. The molecule has 4 N–H and O–H groups in total. The normalized spacial score (nSPS) is 11.9. The van der Waals surface area contributed by atoms with Gasteiger partial charge in [0.1, 0.15) is 0 Å². The van der Waals surface area contributed by atoms with Gasteiger partial charge >= 0.3 is 10.3 Å². The third kappa shape index (κ3) is 3.94. The van der Waals surface area contributed by atoms with Gasteiger partial charge in [-0.1, -0.05) is 27.7 Å². The molecule has 1 aromatic carbocycles. The standard InChI is InChI=1S/C13H20N2O4S/c1-7(2)10-5-9(13(14)16)6-11(8(3)4)12(10)19-20(15,17)18/h5-8H,1-4H3,(H2,14,16)(H2,15,17,18). The Hall–Kier alpha value is -1.60. The van der Waals surface area contributed by atoms with Crippen molar-refractivity contribution in [3.63, 3.8) is 0 Å². The molecule has 0 aliphatic rings. The van der Waals surface area contributed by atoms with Gasteiger partial charge in [0.15, 0.2) is 5.75 Å². The summed E-state index contributed by atoms with van der Waals surface area (Å²) in [5.74, 6) is -0.495. The van der Waals surface area contributed by atoms with Gasteiger partial charge in [-0.2, -0.15) is 13.6 Å². The lowest BCUT2D eigenvalue weighted by molar-refractivity contribution is 0.1000. The first-order valence-corrected chi connectivity index (χ1v) is 7.70. The summed E-state index contributed by atoms with van der Waals surface area (Å²) < 4.78 is 27.4. The molecule has 0 aromatic heterocycles. The van der Waals surface area contributed by atoms with Crippen LogP contribution in [0.25, 0.3) is 0 Å². The number of rotatable bonds is 5. The average molecular weight is 300 g/mol. The van der Waals surface area contributed by atoms with Gasteiger partial charge in [0.25, 0.3) is 0 Å². The Labute approximate surface area is 119 Å². The smallest absolute Gasteiger partial charge is 0.370 e. The minimum atomic E-state index is -4.14. The molecule has 20 heavy (non-hydrogen) atoms. The summed E-state index contributed by atoms with van der Waals surface area (Å²) in [4.78, 5) is 11.4. The van der Waals surface area contributed by atoms with Gasteiger partial charge in [0.2, 0.25) is 5.91 Å². The summed E-state index contributed by atoms with van der Waals surface area (Å²) in [5, 5.41) is 4.96. The molecule has 0 aliphatic carbocycles. The number of carbonyl (C=O) groups excluding carboxylic acids is 1. The van der Waals surface area contributed by atoms with Crippen molar-refractivity contribution in [2.45, 2.75) is 39.5 Å². The summed E-state index contributed by atoms with van der Waals surface area (Å²) >= 11 is 0. The van der Waals surface area contributed by atoms with Crippen LogP contribution in [0, 0.1) is 0 Å². The van der Waals surface area contributed by atoms with E-state index in [1.165, 1.54) is 0 Å². The van der Waals surface area contributed by atoms with Crippen LogP contribution in [-0.4, -0.2) is 14.3 Å². The summed E-state index contributed by atoms with van der Waals surface area (Å²) in [6.07, 6.45) is 0. The second kappa shape index (κ2) is 5.80. The van der Waals surface area contributed by atoms with Gasteiger partial charge in [-0.25, -0.2) is 0 Å². The first-order chi connectivity index (χ1) is 9.03. The summed E-state index contributed by atoms with van der Waals surface area (Å²) in [5.41, 5.74) is 6.79. The summed E-state index contributed by atoms with van der Waals surface area (Å²) in [7, 11) is -4.14. The SMILES string of the molecule is CC(C)c1cc(C(N)=O)cc(C(C)C)c1OS(N)(=O)=O. The number of nitrogens with two attached hydrogens (primary N) is 2. The molecule has 0 saturated heterocycles. The van der Waals surface area contributed by atoms with Gasteiger partial charge in [-0.3, -0.25) is 4.79 Å². The Morgan fingerprint density at radius 3 is 1.75 bits per heavy atom. The van der Waals surface area contributed by atoms with Crippen LogP contribution in [0.2, 0.25) is 0 Å². The van der Waals surface area contributed by atoms with E-state index in [0.717, 1.165) is 0 Å². The first kappa shape index (κ1) is 16.5. The molecule has 0 heterocycles. The zero-order valence-electron chi connectivity index (χ0n) is 12.0.